The Morgan fingerprint density at radius 3 is 2.41 bits per heavy atom. The zero-order valence-electron chi connectivity index (χ0n) is 17.2. The van der Waals surface area contributed by atoms with E-state index in [4.69, 9.17) is 9.47 Å². The van der Waals surface area contributed by atoms with Crippen molar-refractivity contribution < 1.29 is 19.1 Å². The van der Waals surface area contributed by atoms with Crippen molar-refractivity contribution >= 4 is 11.8 Å². The molecular weight excluding hydrogens is 344 g/mol. The lowest BCUT2D eigenvalue weighted by Crippen LogP contribution is -2.37. The van der Waals surface area contributed by atoms with Crippen LogP contribution in [0.3, 0.4) is 0 Å². The summed E-state index contributed by atoms with van der Waals surface area (Å²) in [4.78, 5) is 27.3. The minimum atomic E-state index is -0.313. The highest BCUT2D eigenvalue weighted by Gasteiger charge is 2.42. The lowest BCUT2D eigenvalue weighted by molar-refractivity contribution is -0.133. The number of amides is 2. The van der Waals surface area contributed by atoms with Crippen molar-refractivity contribution in [1.82, 2.24) is 10.2 Å². The Kier molecular flexibility index (Phi) is 7.11. The molecule has 6 nitrogen and oxygen atoms in total. The van der Waals surface area contributed by atoms with Gasteiger partial charge in [0.2, 0.25) is 11.8 Å². The molecule has 2 amide bonds. The van der Waals surface area contributed by atoms with Crippen molar-refractivity contribution in [3.63, 3.8) is 0 Å². The van der Waals surface area contributed by atoms with Crippen molar-refractivity contribution in [1.29, 1.82) is 0 Å². The summed E-state index contributed by atoms with van der Waals surface area (Å²) in [5.74, 6) is 1.29. The van der Waals surface area contributed by atoms with Crippen LogP contribution in [0.4, 0.5) is 0 Å². The molecule has 27 heavy (non-hydrogen) atoms. The largest absolute Gasteiger partial charge is 0.497 e. The van der Waals surface area contributed by atoms with Crippen LogP contribution >= 0.6 is 0 Å². The van der Waals surface area contributed by atoms with E-state index in [-0.39, 0.29) is 29.6 Å². The number of carbonyl (C=O) groups is 2. The molecule has 0 unspecified atom stereocenters. The van der Waals surface area contributed by atoms with Crippen LogP contribution in [-0.4, -0.2) is 50.6 Å². The van der Waals surface area contributed by atoms with E-state index in [1.807, 2.05) is 32.0 Å². The number of nitrogens with one attached hydrogen (secondary N) is 1. The molecule has 0 aromatic heterocycles. The van der Waals surface area contributed by atoms with E-state index in [9.17, 15) is 9.59 Å². The highest BCUT2D eigenvalue weighted by molar-refractivity contribution is 5.84. The third kappa shape index (κ3) is 4.93. The molecule has 0 radical (unpaired) electrons. The molecule has 1 N–H and O–H groups in total. The van der Waals surface area contributed by atoms with Crippen molar-refractivity contribution in [3.8, 4) is 11.5 Å². The Balaban J connectivity index is 2.36. The number of benzene rings is 1. The average molecular weight is 376 g/mol. The Morgan fingerprint density at radius 2 is 1.85 bits per heavy atom. The normalized spacial score (nSPS) is 19.5. The monoisotopic (exact) mass is 376 g/mol. The van der Waals surface area contributed by atoms with Crippen LogP contribution in [-0.2, 0) is 9.59 Å². The summed E-state index contributed by atoms with van der Waals surface area (Å²) in [6.07, 6.45) is 0. The highest BCUT2D eigenvalue weighted by Crippen LogP contribution is 2.39. The Bertz CT molecular complexity index is 672. The first kappa shape index (κ1) is 21.1. The van der Waals surface area contributed by atoms with Crippen LogP contribution in [0.5, 0.6) is 11.5 Å². The van der Waals surface area contributed by atoms with Crippen molar-refractivity contribution in [2.45, 2.75) is 33.6 Å². The maximum absolute atomic E-state index is 12.9. The Labute approximate surface area is 162 Å². The fraction of sp³-hybridized carbons (Fsp3) is 0.619. The van der Waals surface area contributed by atoms with Crippen LogP contribution in [0.1, 0.15) is 39.2 Å². The molecule has 6 heteroatoms. The first-order chi connectivity index (χ1) is 12.8. The smallest absolute Gasteiger partial charge is 0.225 e. The molecule has 0 saturated carbocycles. The van der Waals surface area contributed by atoms with Gasteiger partial charge in [-0.1, -0.05) is 27.7 Å². The zero-order chi connectivity index (χ0) is 20.1. The minimum absolute atomic E-state index is 0.0161. The maximum Gasteiger partial charge on any atom is 0.225 e. The van der Waals surface area contributed by atoms with Crippen LogP contribution in [0.2, 0.25) is 0 Å². The van der Waals surface area contributed by atoms with Gasteiger partial charge in [0, 0.05) is 37.0 Å². The van der Waals surface area contributed by atoms with Gasteiger partial charge in [-0.15, -0.1) is 0 Å². The van der Waals surface area contributed by atoms with Gasteiger partial charge in [0.1, 0.15) is 11.5 Å². The molecular formula is C21H32N2O4. The van der Waals surface area contributed by atoms with Gasteiger partial charge < -0.3 is 19.7 Å². The van der Waals surface area contributed by atoms with E-state index in [0.717, 1.165) is 5.56 Å². The molecule has 1 aliphatic rings. The molecule has 1 aliphatic heterocycles. The van der Waals surface area contributed by atoms with Gasteiger partial charge in [-0.25, -0.2) is 0 Å². The van der Waals surface area contributed by atoms with Crippen LogP contribution in [0.25, 0.3) is 0 Å². The molecule has 0 aliphatic carbocycles. The molecule has 1 aromatic rings. The Morgan fingerprint density at radius 1 is 1.15 bits per heavy atom. The topological polar surface area (TPSA) is 67.9 Å². The number of likely N-dealkylation sites (tertiary alicyclic amines) is 1. The summed E-state index contributed by atoms with van der Waals surface area (Å²) >= 11 is 0. The fourth-order valence-corrected chi connectivity index (χ4v) is 3.49. The summed E-state index contributed by atoms with van der Waals surface area (Å²) in [7, 11) is 3.23. The minimum Gasteiger partial charge on any atom is -0.497 e. The molecule has 2 rings (SSSR count). The first-order valence-corrected chi connectivity index (χ1v) is 9.56. The summed E-state index contributed by atoms with van der Waals surface area (Å²) in [5, 5.41) is 3.03. The predicted molar refractivity (Wildman–Crippen MR) is 105 cm³/mol. The van der Waals surface area contributed by atoms with Crippen LogP contribution < -0.4 is 14.8 Å². The molecule has 0 bridgehead atoms. The van der Waals surface area contributed by atoms with E-state index in [1.165, 1.54) is 0 Å². The number of ether oxygens (including phenoxy) is 2. The first-order valence-electron chi connectivity index (χ1n) is 9.56. The van der Waals surface area contributed by atoms with Crippen molar-refractivity contribution in [2.24, 2.45) is 17.8 Å². The predicted octanol–water partition coefficient (Wildman–Crippen LogP) is 2.67. The number of carbonyl (C=O) groups excluding carboxylic acids is 2. The van der Waals surface area contributed by atoms with Gasteiger partial charge in [-0.05, 0) is 24.1 Å². The zero-order valence-corrected chi connectivity index (χ0v) is 17.2. The molecule has 150 valence electrons. The van der Waals surface area contributed by atoms with Gasteiger partial charge in [0.25, 0.3) is 0 Å². The van der Waals surface area contributed by atoms with Gasteiger partial charge >= 0.3 is 0 Å². The summed E-state index contributed by atoms with van der Waals surface area (Å²) in [5.41, 5.74) is 0.903. The second-order valence-corrected chi connectivity index (χ2v) is 7.86. The summed E-state index contributed by atoms with van der Waals surface area (Å²) in [6.45, 7) is 9.44. The van der Waals surface area contributed by atoms with Crippen LogP contribution in [0, 0.1) is 17.8 Å². The van der Waals surface area contributed by atoms with E-state index in [1.54, 1.807) is 19.1 Å². The SMILES string of the molecule is COc1ccc(OC)c([C@@H]2CN(C(=O)C(C)C)C[C@@H]2C(=O)NCC(C)C)c1. The molecule has 1 saturated heterocycles. The Hall–Kier alpha value is -2.24. The second kappa shape index (κ2) is 9.11. The number of rotatable bonds is 7. The van der Waals surface area contributed by atoms with Gasteiger partial charge in [-0.3, -0.25) is 9.59 Å². The summed E-state index contributed by atoms with van der Waals surface area (Å²) in [6, 6.07) is 5.60. The average Bonchev–Trinajstić information content (AvgIpc) is 3.09. The van der Waals surface area contributed by atoms with Crippen molar-refractivity contribution in [2.75, 3.05) is 33.9 Å². The lowest BCUT2D eigenvalue weighted by Gasteiger charge is -2.21. The number of nitrogens with zero attached hydrogens (tertiary/aromatic N) is 1. The molecule has 1 heterocycles. The highest BCUT2D eigenvalue weighted by atomic mass is 16.5. The van der Waals surface area contributed by atoms with E-state index in [2.05, 4.69) is 19.2 Å². The third-order valence-electron chi connectivity index (χ3n) is 4.98. The lowest BCUT2D eigenvalue weighted by atomic mass is 9.87. The standard InChI is InChI=1S/C21H32N2O4/c1-13(2)10-22-20(24)18-12-23(21(25)14(3)4)11-17(18)16-9-15(26-5)7-8-19(16)27-6/h7-9,13-14,17-18H,10-12H2,1-6H3,(H,22,24)/t17-,18-/m0/s1. The molecule has 0 spiro atoms. The fourth-order valence-electron chi connectivity index (χ4n) is 3.49. The van der Waals surface area contributed by atoms with Crippen LogP contribution in [0.15, 0.2) is 18.2 Å². The number of methoxy groups -OCH3 is 2. The molecule has 1 fully saturated rings. The maximum atomic E-state index is 12.9. The van der Waals surface area contributed by atoms with Crippen molar-refractivity contribution in [3.05, 3.63) is 23.8 Å². The van der Waals surface area contributed by atoms with E-state index in [0.29, 0.717) is 37.1 Å². The second-order valence-electron chi connectivity index (χ2n) is 7.86. The van der Waals surface area contributed by atoms with Gasteiger partial charge in [0.05, 0.1) is 20.1 Å². The molecule has 1 aromatic carbocycles. The quantitative estimate of drug-likeness (QED) is 0.794. The third-order valence-corrected chi connectivity index (χ3v) is 4.98. The van der Waals surface area contributed by atoms with E-state index < -0.39 is 0 Å². The van der Waals surface area contributed by atoms with Gasteiger partial charge in [-0.2, -0.15) is 0 Å². The number of hydrogen-bond donors (Lipinski definition) is 1. The van der Waals surface area contributed by atoms with E-state index >= 15 is 0 Å². The van der Waals surface area contributed by atoms with Gasteiger partial charge in [0.15, 0.2) is 0 Å². The summed E-state index contributed by atoms with van der Waals surface area (Å²) < 4.78 is 10.9. The number of hydrogen-bond acceptors (Lipinski definition) is 4. The molecule has 2 atom stereocenters.